The van der Waals surface area contributed by atoms with Gasteiger partial charge in [-0.1, -0.05) is 36.4 Å². The van der Waals surface area contributed by atoms with E-state index in [0.29, 0.717) is 24.6 Å². The van der Waals surface area contributed by atoms with Gasteiger partial charge in [0, 0.05) is 24.3 Å². The minimum Gasteiger partial charge on any atom is -0.473 e. The number of aromatic nitrogens is 1. The minimum absolute atomic E-state index is 0.510. The van der Waals surface area contributed by atoms with Crippen molar-refractivity contribution in [3.63, 3.8) is 0 Å². The molecule has 0 N–H and O–H groups in total. The Morgan fingerprint density at radius 1 is 1.18 bits per heavy atom. The highest BCUT2D eigenvalue weighted by Crippen LogP contribution is 2.33. The number of hydrogen-bond donors (Lipinski definition) is 0. The summed E-state index contributed by atoms with van der Waals surface area (Å²) in [7, 11) is 0. The molecule has 0 amide bonds. The molecule has 0 radical (unpaired) electrons. The monoisotopic (exact) mass is 296 g/mol. The van der Waals surface area contributed by atoms with Crippen molar-refractivity contribution >= 4 is 0 Å². The summed E-state index contributed by atoms with van der Waals surface area (Å²) in [4.78, 5) is 7.04. The van der Waals surface area contributed by atoms with Gasteiger partial charge >= 0.3 is 0 Å². The molecule has 0 saturated carbocycles. The van der Waals surface area contributed by atoms with Crippen molar-refractivity contribution in [2.45, 2.75) is 45.4 Å². The van der Waals surface area contributed by atoms with E-state index in [1.807, 2.05) is 30.5 Å². The minimum atomic E-state index is 0.510. The molecule has 1 aliphatic heterocycles. The average molecular weight is 296 g/mol. The lowest BCUT2D eigenvalue weighted by Crippen LogP contribution is -2.30. The van der Waals surface area contributed by atoms with Crippen LogP contribution in [0.5, 0.6) is 5.88 Å². The zero-order valence-electron chi connectivity index (χ0n) is 13.4. The summed E-state index contributed by atoms with van der Waals surface area (Å²) < 4.78 is 5.76. The maximum Gasteiger partial charge on any atom is 0.213 e. The average Bonchev–Trinajstić information content (AvgIpc) is 3.04. The van der Waals surface area contributed by atoms with Crippen LogP contribution in [0.4, 0.5) is 0 Å². The van der Waals surface area contributed by atoms with Gasteiger partial charge in [0.05, 0.1) is 0 Å². The van der Waals surface area contributed by atoms with E-state index >= 15 is 0 Å². The Hall–Kier alpha value is -1.87. The van der Waals surface area contributed by atoms with E-state index in [1.165, 1.54) is 24.9 Å². The molecule has 1 saturated heterocycles. The molecule has 22 heavy (non-hydrogen) atoms. The molecule has 1 atom stereocenters. The lowest BCUT2D eigenvalue weighted by Gasteiger charge is -2.28. The van der Waals surface area contributed by atoms with Crippen LogP contribution in [0.2, 0.25) is 0 Å². The van der Waals surface area contributed by atoms with E-state index in [0.717, 1.165) is 5.56 Å². The molecule has 1 aliphatic rings. The number of hydrogen-bond acceptors (Lipinski definition) is 3. The van der Waals surface area contributed by atoms with Crippen molar-refractivity contribution in [3.8, 4) is 5.88 Å². The summed E-state index contributed by atoms with van der Waals surface area (Å²) in [5.74, 6) is 0.696. The van der Waals surface area contributed by atoms with Crippen LogP contribution in [0.25, 0.3) is 0 Å². The van der Waals surface area contributed by atoms with Gasteiger partial charge in [-0.15, -0.1) is 0 Å². The van der Waals surface area contributed by atoms with Crippen molar-refractivity contribution in [3.05, 3.63) is 59.8 Å². The van der Waals surface area contributed by atoms with Crippen LogP contribution in [0, 0.1) is 0 Å². The number of pyridine rings is 1. The largest absolute Gasteiger partial charge is 0.473 e. The van der Waals surface area contributed by atoms with Crippen LogP contribution in [0.3, 0.4) is 0 Å². The lowest BCUT2D eigenvalue weighted by molar-refractivity contribution is 0.205. The fraction of sp³-hybridized carbons (Fsp3) is 0.421. The molecule has 0 spiro atoms. The summed E-state index contributed by atoms with van der Waals surface area (Å²) in [5, 5.41) is 0. The third-order valence-electron chi connectivity index (χ3n) is 4.33. The van der Waals surface area contributed by atoms with Gasteiger partial charge in [0.25, 0.3) is 0 Å². The fourth-order valence-electron chi connectivity index (χ4n) is 3.17. The molecule has 3 rings (SSSR count). The summed E-state index contributed by atoms with van der Waals surface area (Å²) in [6.07, 6.45) is 4.48. The van der Waals surface area contributed by atoms with E-state index in [-0.39, 0.29) is 0 Å². The molecule has 1 aromatic carbocycles. The third-order valence-corrected chi connectivity index (χ3v) is 4.33. The Morgan fingerprint density at radius 3 is 2.68 bits per heavy atom. The van der Waals surface area contributed by atoms with E-state index in [1.54, 1.807) is 0 Å². The van der Waals surface area contributed by atoms with E-state index in [9.17, 15) is 0 Å². The quantitative estimate of drug-likeness (QED) is 0.826. The molecule has 1 aromatic heterocycles. The first-order valence-corrected chi connectivity index (χ1v) is 8.12. The molecule has 2 aromatic rings. The standard InChI is InChI=1S/C19H24N2O/c1-15(2)21-12-6-9-18(21)17-10-11-19(20-13-17)22-14-16-7-4-3-5-8-16/h3-5,7-8,10-11,13,15,18H,6,9,12,14H2,1-2H3. The zero-order valence-corrected chi connectivity index (χ0v) is 13.4. The highest BCUT2D eigenvalue weighted by Gasteiger charge is 2.27. The normalized spacial score (nSPS) is 18.8. The van der Waals surface area contributed by atoms with Crippen molar-refractivity contribution in [2.24, 2.45) is 0 Å². The van der Waals surface area contributed by atoms with Crippen LogP contribution in [0.1, 0.15) is 43.9 Å². The highest BCUT2D eigenvalue weighted by molar-refractivity contribution is 5.22. The maximum atomic E-state index is 5.76. The van der Waals surface area contributed by atoms with E-state index < -0.39 is 0 Å². The SMILES string of the molecule is CC(C)N1CCCC1c1ccc(OCc2ccccc2)nc1. The summed E-state index contributed by atoms with van der Waals surface area (Å²) in [6, 6.07) is 15.4. The van der Waals surface area contributed by atoms with Crippen LogP contribution >= 0.6 is 0 Å². The first kappa shape index (κ1) is 15.0. The Bertz CT molecular complexity index is 580. The van der Waals surface area contributed by atoms with Gasteiger partial charge in [-0.2, -0.15) is 0 Å². The van der Waals surface area contributed by atoms with Gasteiger partial charge in [0.2, 0.25) is 5.88 Å². The third kappa shape index (κ3) is 3.47. The van der Waals surface area contributed by atoms with E-state index in [4.69, 9.17) is 4.74 Å². The molecule has 1 fully saturated rings. The second-order valence-corrected chi connectivity index (χ2v) is 6.19. The number of benzene rings is 1. The Morgan fingerprint density at radius 2 is 2.00 bits per heavy atom. The van der Waals surface area contributed by atoms with Gasteiger partial charge in [-0.05, 0) is 44.4 Å². The zero-order chi connectivity index (χ0) is 15.4. The Kier molecular flexibility index (Phi) is 4.74. The number of nitrogens with zero attached hydrogens (tertiary/aromatic N) is 2. The van der Waals surface area contributed by atoms with E-state index in [2.05, 4.69) is 41.9 Å². The van der Waals surface area contributed by atoms with Crippen molar-refractivity contribution in [1.29, 1.82) is 0 Å². The molecule has 1 unspecified atom stereocenters. The van der Waals surface area contributed by atoms with Gasteiger partial charge in [-0.3, -0.25) is 4.90 Å². The maximum absolute atomic E-state index is 5.76. The van der Waals surface area contributed by atoms with Gasteiger partial charge in [0.15, 0.2) is 0 Å². The first-order chi connectivity index (χ1) is 10.7. The van der Waals surface area contributed by atoms with Crippen LogP contribution in [-0.4, -0.2) is 22.5 Å². The van der Waals surface area contributed by atoms with Gasteiger partial charge < -0.3 is 4.74 Å². The van der Waals surface area contributed by atoms with Gasteiger partial charge in [-0.25, -0.2) is 4.98 Å². The molecular formula is C19H24N2O. The first-order valence-electron chi connectivity index (χ1n) is 8.12. The Balaban J connectivity index is 1.63. The molecule has 3 heteroatoms. The predicted octanol–water partition coefficient (Wildman–Crippen LogP) is 4.21. The molecular weight excluding hydrogens is 272 g/mol. The molecule has 116 valence electrons. The van der Waals surface area contributed by atoms with Crippen LogP contribution in [-0.2, 0) is 6.61 Å². The van der Waals surface area contributed by atoms with Gasteiger partial charge in [0.1, 0.15) is 6.61 Å². The summed E-state index contributed by atoms with van der Waals surface area (Å²) in [5.41, 5.74) is 2.47. The number of likely N-dealkylation sites (tertiary alicyclic amines) is 1. The fourth-order valence-corrected chi connectivity index (χ4v) is 3.17. The topological polar surface area (TPSA) is 25.4 Å². The highest BCUT2D eigenvalue weighted by atomic mass is 16.5. The predicted molar refractivity (Wildman–Crippen MR) is 88.8 cm³/mol. The van der Waals surface area contributed by atoms with Crippen molar-refractivity contribution in [1.82, 2.24) is 9.88 Å². The molecule has 0 bridgehead atoms. The van der Waals surface area contributed by atoms with Crippen LogP contribution < -0.4 is 4.74 Å². The number of ether oxygens (including phenoxy) is 1. The molecule has 3 nitrogen and oxygen atoms in total. The molecule has 2 heterocycles. The van der Waals surface area contributed by atoms with Crippen molar-refractivity contribution in [2.75, 3.05) is 6.54 Å². The smallest absolute Gasteiger partial charge is 0.213 e. The van der Waals surface area contributed by atoms with Crippen molar-refractivity contribution < 1.29 is 4.74 Å². The second kappa shape index (κ2) is 6.93. The second-order valence-electron chi connectivity index (χ2n) is 6.19. The van der Waals surface area contributed by atoms with Crippen LogP contribution in [0.15, 0.2) is 48.7 Å². The molecule has 0 aliphatic carbocycles. The summed E-state index contributed by atoms with van der Waals surface area (Å²) >= 11 is 0. The number of rotatable bonds is 5. The summed E-state index contributed by atoms with van der Waals surface area (Å²) in [6.45, 7) is 6.29. The lowest BCUT2D eigenvalue weighted by atomic mass is 10.1. The Labute approximate surface area is 132 Å².